The maximum atomic E-state index is 12.5. The third-order valence-corrected chi connectivity index (χ3v) is 8.12. The van der Waals surface area contributed by atoms with Gasteiger partial charge in [-0.1, -0.05) is 55.5 Å². The van der Waals surface area contributed by atoms with Crippen LogP contribution < -0.4 is 16.4 Å². The van der Waals surface area contributed by atoms with Crippen molar-refractivity contribution < 1.29 is 4.79 Å². The second-order valence-electron chi connectivity index (χ2n) is 10.8. The molecule has 1 atom stereocenters. The first-order chi connectivity index (χ1) is 19.1. The highest BCUT2D eigenvalue weighted by molar-refractivity contribution is 6.31. The molecule has 9 heteroatoms. The number of pyridine rings is 1. The van der Waals surface area contributed by atoms with Gasteiger partial charge in [0.2, 0.25) is 5.91 Å². The highest BCUT2D eigenvalue weighted by atomic mass is 35.5. The van der Waals surface area contributed by atoms with Gasteiger partial charge < -0.3 is 21.4 Å². The molecule has 0 unspecified atom stereocenters. The quantitative estimate of drug-likeness (QED) is 0.117. The molecule has 222 valence electrons. The Hall–Kier alpha value is -2.51. The van der Waals surface area contributed by atoms with Crippen LogP contribution in [0.4, 0.5) is 5.69 Å². The van der Waals surface area contributed by atoms with Crippen LogP contribution in [0.5, 0.6) is 0 Å². The summed E-state index contributed by atoms with van der Waals surface area (Å²) in [4.78, 5) is 20.6. The van der Waals surface area contributed by atoms with Gasteiger partial charge in [0.1, 0.15) is 0 Å². The standard InChI is InChI=1S/C32H40ClN5O.2ClH/c33-23-15-16-26-30(20-23)38-29-14-8-6-12-25(29)31(26)35-17-9-3-1-2-4-10-18-36-32(39)27(34)19-22-21-37-28-13-7-5-11-24(22)28;;/h5,7,11,13,15-16,20-21,27,37H,1-4,6,8-10,12,14,17-19,34H2,(H,35,38)(H,36,39);2*1H/t27-;;/m0../s1. The van der Waals surface area contributed by atoms with Crippen LogP contribution in [0.2, 0.25) is 5.02 Å². The second-order valence-corrected chi connectivity index (χ2v) is 11.2. The van der Waals surface area contributed by atoms with Crippen molar-refractivity contribution in [3.8, 4) is 0 Å². The van der Waals surface area contributed by atoms with Crippen LogP contribution in [0, 0.1) is 0 Å². The molecule has 0 saturated carbocycles. The third-order valence-electron chi connectivity index (χ3n) is 7.88. The number of carbonyl (C=O) groups is 1. The van der Waals surface area contributed by atoms with Gasteiger partial charge in [-0.15, -0.1) is 24.8 Å². The smallest absolute Gasteiger partial charge is 0.237 e. The van der Waals surface area contributed by atoms with Gasteiger partial charge >= 0.3 is 0 Å². The van der Waals surface area contributed by atoms with Gasteiger partial charge in [-0.2, -0.15) is 0 Å². The van der Waals surface area contributed by atoms with Gasteiger partial charge in [0, 0.05) is 52.0 Å². The number of hydrogen-bond donors (Lipinski definition) is 4. The minimum Gasteiger partial charge on any atom is -0.384 e. The predicted molar refractivity (Wildman–Crippen MR) is 177 cm³/mol. The van der Waals surface area contributed by atoms with Crippen molar-refractivity contribution in [2.45, 2.75) is 76.7 Å². The second kappa shape index (κ2) is 16.2. The molecule has 1 aliphatic carbocycles. The molecule has 2 aromatic heterocycles. The SMILES string of the molecule is Cl.Cl.N[C@@H](Cc1c[nH]c2ccccc12)C(=O)NCCCCCCCCNc1c2c(nc3cc(Cl)ccc13)CCCC2. The van der Waals surface area contributed by atoms with E-state index in [-0.39, 0.29) is 30.7 Å². The number of carbonyl (C=O) groups excluding carboxylic acids is 1. The molecule has 5 N–H and O–H groups in total. The zero-order chi connectivity index (χ0) is 27.0. The number of aromatic nitrogens is 2. The number of rotatable bonds is 13. The Kier molecular flexibility index (Phi) is 13.0. The van der Waals surface area contributed by atoms with Crippen molar-refractivity contribution in [2.75, 3.05) is 18.4 Å². The number of hydrogen-bond acceptors (Lipinski definition) is 4. The summed E-state index contributed by atoms with van der Waals surface area (Å²) in [6.45, 7) is 1.66. The average Bonchev–Trinajstić information content (AvgIpc) is 3.35. The first kappa shape index (κ1) is 33.0. The van der Waals surface area contributed by atoms with Crippen LogP contribution in [0.1, 0.15) is 68.2 Å². The monoisotopic (exact) mass is 617 g/mol. The lowest BCUT2D eigenvalue weighted by Crippen LogP contribution is -2.42. The van der Waals surface area contributed by atoms with E-state index in [4.69, 9.17) is 22.3 Å². The number of nitrogens with zero attached hydrogens (tertiary/aromatic N) is 1. The Morgan fingerprint density at radius 3 is 2.51 bits per heavy atom. The fourth-order valence-corrected chi connectivity index (χ4v) is 5.91. The molecule has 2 heterocycles. The number of aryl methyl sites for hydroxylation is 1. The highest BCUT2D eigenvalue weighted by Crippen LogP contribution is 2.34. The van der Waals surface area contributed by atoms with Gasteiger partial charge in [0.15, 0.2) is 0 Å². The first-order valence-electron chi connectivity index (χ1n) is 14.5. The molecular weight excluding hydrogens is 577 g/mol. The minimum absolute atomic E-state index is 0. The summed E-state index contributed by atoms with van der Waals surface area (Å²) >= 11 is 6.25. The van der Waals surface area contributed by atoms with E-state index in [1.807, 2.05) is 36.5 Å². The van der Waals surface area contributed by atoms with Crippen LogP contribution in [0.3, 0.4) is 0 Å². The van der Waals surface area contributed by atoms with E-state index < -0.39 is 6.04 Å². The number of aromatic amines is 1. The van der Waals surface area contributed by atoms with Gasteiger partial charge in [-0.05, 0) is 80.3 Å². The molecular formula is C32H42Cl3N5O. The number of nitrogens with one attached hydrogen (secondary N) is 3. The Morgan fingerprint density at radius 1 is 0.951 bits per heavy atom. The number of amides is 1. The molecule has 1 aliphatic rings. The van der Waals surface area contributed by atoms with Crippen LogP contribution in [0.25, 0.3) is 21.8 Å². The summed E-state index contributed by atoms with van der Waals surface area (Å²) in [5.41, 5.74) is 13.3. The molecule has 0 fully saturated rings. The van der Waals surface area contributed by atoms with E-state index in [1.165, 1.54) is 54.4 Å². The Bertz CT molecular complexity index is 1420. The molecule has 0 radical (unpaired) electrons. The molecule has 1 amide bonds. The Balaban J connectivity index is 0.00000231. The van der Waals surface area contributed by atoms with Crippen LogP contribution in [0.15, 0.2) is 48.7 Å². The lowest BCUT2D eigenvalue weighted by atomic mass is 9.92. The van der Waals surface area contributed by atoms with Crippen LogP contribution in [-0.4, -0.2) is 35.0 Å². The molecule has 0 aliphatic heterocycles. The zero-order valence-corrected chi connectivity index (χ0v) is 25.9. The highest BCUT2D eigenvalue weighted by Gasteiger charge is 2.18. The summed E-state index contributed by atoms with van der Waals surface area (Å²) in [6.07, 6.45) is 14.0. The topological polar surface area (TPSA) is 95.8 Å². The summed E-state index contributed by atoms with van der Waals surface area (Å²) in [5, 5.41) is 9.83. The molecule has 0 bridgehead atoms. The van der Waals surface area contributed by atoms with E-state index in [2.05, 4.69) is 27.8 Å². The summed E-state index contributed by atoms with van der Waals surface area (Å²) in [7, 11) is 0. The predicted octanol–water partition coefficient (Wildman–Crippen LogP) is 7.53. The lowest BCUT2D eigenvalue weighted by molar-refractivity contribution is -0.122. The lowest BCUT2D eigenvalue weighted by Gasteiger charge is -2.22. The van der Waals surface area contributed by atoms with E-state index in [9.17, 15) is 4.79 Å². The molecule has 41 heavy (non-hydrogen) atoms. The van der Waals surface area contributed by atoms with Gasteiger partial charge in [0.05, 0.1) is 11.6 Å². The normalized spacial score (nSPS) is 13.2. The number of anilines is 1. The number of unbranched alkanes of at least 4 members (excludes halogenated alkanes) is 5. The number of benzene rings is 2. The zero-order valence-electron chi connectivity index (χ0n) is 23.5. The van der Waals surface area contributed by atoms with Crippen LogP contribution in [-0.2, 0) is 24.1 Å². The average molecular weight is 619 g/mol. The summed E-state index contributed by atoms with van der Waals surface area (Å²) in [6, 6.07) is 13.6. The molecule has 2 aromatic carbocycles. The molecule has 6 nitrogen and oxygen atoms in total. The van der Waals surface area contributed by atoms with Crippen LogP contribution >= 0.6 is 36.4 Å². The maximum Gasteiger partial charge on any atom is 0.237 e. The Morgan fingerprint density at radius 2 is 1.68 bits per heavy atom. The third kappa shape index (κ3) is 8.51. The van der Waals surface area contributed by atoms with Gasteiger partial charge in [-0.25, -0.2) is 0 Å². The van der Waals surface area contributed by atoms with Crippen molar-refractivity contribution in [3.05, 3.63) is 70.5 Å². The molecule has 5 rings (SSSR count). The fourth-order valence-electron chi connectivity index (χ4n) is 5.74. The van der Waals surface area contributed by atoms with Crippen molar-refractivity contribution in [1.82, 2.24) is 15.3 Å². The van der Waals surface area contributed by atoms with Gasteiger partial charge in [-0.3, -0.25) is 9.78 Å². The summed E-state index contributed by atoms with van der Waals surface area (Å²) < 4.78 is 0. The number of nitrogens with two attached hydrogens (primary N) is 1. The minimum atomic E-state index is -0.531. The van der Waals surface area contributed by atoms with Crippen molar-refractivity contribution >= 4 is 69.8 Å². The summed E-state index contributed by atoms with van der Waals surface area (Å²) in [5.74, 6) is -0.0700. The van der Waals surface area contributed by atoms with E-state index >= 15 is 0 Å². The van der Waals surface area contributed by atoms with E-state index in [0.717, 1.165) is 65.7 Å². The van der Waals surface area contributed by atoms with Crippen molar-refractivity contribution in [3.63, 3.8) is 0 Å². The largest absolute Gasteiger partial charge is 0.384 e. The first-order valence-corrected chi connectivity index (χ1v) is 14.9. The van der Waals surface area contributed by atoms with Crippen molar-refractivity contribution in [1.29, 1.82) is 0 Å². The maximum absolute atomic E-state index is 12.5. The number of fused-ring (bicyclic) bond motifs is 3. The van der Waals surface area contributed by atoms with E-state index in [0.29, 0.717) is 13.0 Å². The number of para-hydroxylation sites is 1. The van der Waals surface area contributed by atoms with E-state index in [1.54, 1.807) is 0 Å². The van der Waals surface area contributed by atoms with Gasteiger partial charge in [0.25, 0.3) is 0 Å². The molecule has 0 saturated heterocycles. The fraction of sp³-hybridized carbons (Fsp3) is 0.438. The number of halogens is 3. The van der Waals surface area contributed by atoms with Crippen molar-refractivity contribution in [2.24, 2.45) is 5.73 Å². The molecule has 0 spiro atoms. The number of H-pyrrole nitrogens is 1. The molecule has 4 aromatic rings. The Labute approximate surface area is 260 Å².